The standard InChI is InChI=1S/C17H10F3N5O/c18-17(19,20)10-4-3-5-11(8-10)25-15-12(9-22-25)16(26)24-14(23-15)13-6-1-2-7-21-13/h1-9H,(H,23,24,26). The highest BCUT2D eigenvalue weighted by atomic mass is 19.4. The molecular formula is C17H10F3N5O. The van der Waals surface area contributed by atoms with Gasteiger partial charge in [-0.05, 0) is 30.3 Å². The summed E-state index contributed by atoms with van der Waals surface area (Å²) in [5.41, 5.74) is -0.528. The van der Waals surface area contributed by atoms with Crippen molar-refractivity contribution in [2.45, 2.75) is 6.18 Å². The van der Waals surface area contributed by atoms with Crippen LogP contribution in [0.15, 0.2) is 59.7 Å². The summed E-state index contributed by atoms with van der Waals surface area (Å²) in [4.78, 5) is 23.3. The molecule has 4 aromatic rings. The molecule has 9 heteroatoms. The molecule has 3 aromatic heterocycles. The SMILES string of the molecule is O=c1[nH]c(-c2ccccn2)nc2c1cnn2-c1cccc(C(F)(F)F)c1. The predicted molar refractivity (Wildman–Crippen MR) is 87.7 cm³/mol. The van der Waals surface area contributed by atoms with Crippen LogP contribution in [0.1, 0.15) is 5.56 Å². The van der Waals surface area contributed by atoms with Crippen molar-refractivity contribution < 1.29 is 13.2 Å². The molecule has 0 saturated heterocycles. The monoisotopic (exact) mass is 357 g/mol. The number of aromatic amines is 1. The first-order valence-electron chi connectivity index (χ1n) is 7.50. The summed E-state index contributed by atoms with van der Waals surface area (Å²) < 4.78 is 40.1. The maximum absolute atomic E-state index is 13.0. The lowest BCUT2D eigenvalue weighted by molar-refractivity contribution is -0.137. The lowest BCUT2D eigenvalue weighted by Gasteiger charge is -2.09. The quantitative estimate of drug-likeness (QED) is 0.598. The fraction of sp³-hybridized carbons (Fsp3) is 0.0588. The molecule has 0 saturated carbocycles. The zero-order chi connectivity index (χ0) is 18.3. The van der Waals surface area contributed by atoms with Crippen LogP contribution in [0.4, 0.5) is 13.2 Å². The second-order valence-corrected chi connectivity index (χ2v) is 5.47. The largest absolute Gasteiger partial charge is 0.416 e. The van der Waals surface area contributed by atoms with Crippen molar-refractivity contribution in [2.75, 3.05) is 0 Å². The summed E-state index contributed by atoms with van der Waals surface area (Å²) >= 11 is 0. The highest BCUT2D eigenvalue weighted by molar-refractivity contribution is 5.77. The Morgan fingerprint density at radius 2 is 1.92 bits per heavy atom. The molecule has 0 amide bonds. The lowest BCUT2D eigenvalue weighted by atomic mass is 10.2. The van der Waals surface area contributed by atoms with Gasteiger partial charge in [-0.2, -0.15) is 18.3 Å². The normalized spacial score (nSPS) is 11.8. The van der Waals surface area contributed by atoms with Gasteiger partial charge in [0.1, 0.15) is 11.1 Å². The van der Waals surface area contributed by atoms with Crippen LogP contribution >= 0.6 is 0 Å². The van der Waals surface area contributed by atoms with Crippen LogP contribution in [0, 0.1) is 0 Å². The Balaban J connectivity index is 1.92. The molecule has 0 spiro atoms. The van der Waals surface area contributed by atoms with Gasteiger partial charge in [-0.15, -0.1) is 0 Å². The Labute approximate surface area is 144 Å². The minimum Gasteiger partial charge on any atom is -0.305 e. The molecule has 0 atom stereocenters. The number of rotatable bonds is 2. The van der Waals surface area contributed by atoms with Gasteiger partial charge in [0, 0.05) is 6.20 Å². The Morgan fingerprint density at radius 1 is 1.08 bits per heavy atom. The molecule has 0 fully saturated rings. The van der Waals surface area contributed by atoms with E-state index in [1.54, 1.807) is 24.4 Å². The van der Waals surface area contributed by atoms with Gasteiger partial charge in [-0.3, -0.25) is 9.78 Å². The van der Waals surface area contributed by atoms with E-state index >= 15 is 0 Å². The van der Waals surface area contributed by atoms with E-state index < -0.39 is 17.3 Å². The number of halogens is 3. The molecule has 0 aliphatic rings. The van der Waals surface area contributed by atoms with Crippen molar-refractivity contribution in [2.24, 2.45) is 0 Å². The maximum Gasteiger partial charge on any atom is 0.416 e. The number of pyridine rings is 1. The van der Waals surface area contributed by atoms with Gasteiger partial charge in [-0.1, -0.05) is 12.1 Å². The number of benzene rings is 1. The van der Waals surface area contributed by atoms with Crippen molar-refractivity contribution in [1.29, 1.82) is 0 Å². The van der Waals surface area contributed by atoms with Crippen LogP contribution < -0.4 is 5.56 Å². The van der Waals surface area contributed by atoms with Crippen molar-refractivity contribution in [3.8, 4) is 17.2 Å². The number of nitrogens with zero attached hydrogens (tertiary/aromatic N) is 4. The maximum atomic E-state index is 13.0. The Kier molecular flexibility index (Phi) is 3.57. The number of hydrogen-bond donors (Lipinski definition) is 1. The van der Waals surface area contributed by atoms with E-state index in [1.165, 1.54) is 23.0 Å². The third-order valence-electron chi connectivity index (χ3n) is 3.76. The summed E-state index contributed by atoms with van der Waals surface area (Å²) in [6.45, 7) is 0. The highest BCUT2D eigenvalue weighted by Gasteiger charge is 2.30. The minimum atomic E-state index is -4.48. The third-order valence-corrected chi connectivity index (χ3v) is 3.76. The molecule has 1 aromatic carbocycles. The van der Waals surface area contributed by atoms with Gasteiger partial charge in [0.05, 0.1) is 17.4 Å². The van der Waals surface area contributed by atoms with Gasteiger partial charge < -0.3 is 4.98 Å². The van der Waals surface area contributed by atoms with Crippen molar-refractivity contribution in [1.82, 2.24) is 24.7 Å². The second-order valence-electron chi connectivity index (χ2n) is 5.47. The highest BCUT2D eigenvalue weighted by Crippen LogP contribution is 2.30. The molecule has 6 nitrogen and oxygen atoms in total. The van der Waals surface area contributed by atoms with Crippen molar-refractivity contribution in [3.05, 3.63) is 70.8 Å². The van der Waals surface area contributed by atoms with Gasteiger partial charge >= 0.3 is 6.18 Å². The molecule has 4 rings (SSSR count). The Bertz CT molecular complexity index is 1150. The topological polar surface area (TPSA) is 76.5 Å². The molecule has 26 heavy (non-hydrogen) atoms. The second kappa shape index (κ2) is 5.80. The molecule has 1 N–H and O–H groups in total. The summed E-state index contributed by atoms with van der Waals surface area (Å²) in [5.74, 6) is 0.205. The van der Waals surface area contributed by atoms with Crippen LogP contribution in [0.25, 0.3) is 28.2 Å². The fourth-order valence-electron chi connectivity index (χ4n) is 2.55. The van der Waals surface area contributed by atoms with Gasteiger partial charge in [0.15, 0.2) is 11.5 Å². The van der Waals surface area contributed by atoms with Crippen LogP contribution in [-0.2, 0) is 6.18 Å². The number of nitrogens with one attached hydrogen (secondary N) is 1. The van der Waals surface area contributed by atoms with E-state index in [0.717, 1.165) is 12.1 Å². The van der Waals surface area contributed by atoms with Gasteiger partial charge in [-0.25, -0.2) is 9.67 Å². The van der Waals surface area contributed by atoms with Crippen LogP contribution in [0.2, 0.25) is 0 Å². The van der Waals surface area contributed by atoms with E-state index in [1.807, 2.05) is 0 Å². The summed E-state index contributed by atoms with van der Waals surface area (Å²) in [6, 6.07) is 9.77. The Morgan fingerprint density at radius 3 is 2.65 bits per heavy atom. The van der Waals surface area contributed by atoms with E-state index in [-0.39, 0.29) is 22.5 Å². The molecule has 0 aliphatic carbocycles. The number of fused-ring (bicyclic) bond motifs is 1. The van der Waals surface area contributed by atoms with E-state index in [2.05, 4.69) is 20.1 Å². The smallest absolute Gasteiger partial charge is 0.305 e. The first-order valence-corrected chi connectivity index (χ1v) is 7.50. The van der Waals surface area contributed by atoms with Crippen LogP contribution in [0.5, 0.6) is 0 Å². The Hall–Kier alpha value is -3.49. The van der Waals surface area contributed by atoms with Gasteiger partial charge in [0.2, 0.25) is 0 Å². The third kappa shape index (κ3) is 2.73. The minimum absolute atomic E-state index is 0.147. The van der Waals surface area contributed by atoms with Gasteiger partial charge in [0.25, 0.3) is 5.56 Å². The average Bonchev–Trinajstić information content (AvgIpc) is 3.06. The van der Waals surface area contributed by atoms with Crippen LogP contribution in [-0.4, -0.2) is 24.7 Å². The molecule has 0 unspecified atom stereocenters. The zero-order valence-corrected chi connectivity index (χ0v) is 13.0. The number of alkyl halides is 3. The van der Waals surface area contributed by atoms with Crippen molar-refractivity contribution in [3.63, 3.8) is 0 Å². The van der Waals surface area contributed by atoms with E-state index in [0.29, 0.717) is 5.69 Å². The summed E-state index contributed by atoms with van der Waals surface area (Å²) in [6.07, 6.45) is -1.67. The predicted octanol–water partition coefficient (Wildman–Crippen LogP) is 3.19. The molecular weight excluding hydrogens is 347 g/mol. The fourth-order valence-corrected chi connectivity index (χ4v) is 2.55. The van der Waals surface area contributed by atoms with Crippen LogP contribution in [0.3, 0.4) is 0 Å². The molecule has 130 valence electrons. The molecule has 3 heterocycles. The number of H-pyrrole nitrogens is 1. The summed E-state index contributed by atoms with van der Waals surface area (Å²) in [7, 11) is 0. The first-order chi connectivity index (χ1) is 12.4. The molecule has 0 bridgehead atoms. The van der Waals surface area contributed by atoms with Crippen molar-refractivity contribution >= 4 is 11.0 Å². The molecule has 0 radical (unpaired) electrons. The number of hydrogen-bond acceptors (Lipinski definition) is 4. The number of aromatic nitrogens is 5. The summed E-state index contributed by atoms with van der Waals surface area (Å²) in [5, 5.41) is 4.20. The zero-order valence-electron chi connectivity index (χ0n) is 13.0. The van der Waals surface area contributed by atoms with E-state index in [4.69, 9.17) is 0 Å². The average molecular weight is 357 g/mol. The molecule has 0 aliphatic heterocycles. The van der Waals surface area contributed by atoms with E-state index in [9.17, 15) is 18.0 Å². The first kappa shape index (κ1) is 16.0. The lowest BCUT2D eigenvalue weighted by Crippen LogP contribution is -2.11.